The van der Waals surface area contributed by atoms with Crippen LogP contribution >= 0.6 is 0 Å². The average Bonchev–Trinajstić information content (AvgIpc) is 2.73. The number of carbonyl (C=O) groups excluding carboxylic acids is 2. The Bertz CT molecular complexity index is 352. The van der Waals surface area contributed by atoms with Gasteiger partial charge in [0.25, 0.3) is 0 Å². The van der Waals surface area contributed by atoms with Crippen LogP contribution in [0.3, 0.4) is 0 Å². The van der Waals surface area contributed by atoms with Crippen molar-refractivity contribution in [3.05, 3.63) is 0 Å². The van der Waals surface area contributed by atoms with Crippen molar-refractivity contribution in [2.24, 2.45) is 0 Å². The monoisotopic (exact) mass is 238 g/mol. The zero-order chi connectivity index (χ0) is 12.0. The second kappa shape index (κ2) is 3.98. The van der Waals surface area contributed by atoms with E-state index in [-0.39, 0.29) is 36.5 Å². The standard InChI is InChI=1S/C12H18N2O3/c1-17-9-5-8(6-9)14-7-11(15)13-4-2-3-10(13)12(14)16/h8-10H,2-7H2,1H3. The van der Waals surface area contributed by atoms with Gasteiger partial charge in [-0.15, -0.1) is 0 Å². The van der Waals surface area contributed by atoms with E-state index in [1.165, 1.54) is 0 Å². The van der Waals surface area contributed by atoms with E-state index in [4.69, 9.17) is 4.74 Å². The number of rotatable bonds is 2. The smallest absolute Gasteiger partial charge is 0.246 e. The highest BCUT2D eigenvalue weighted by atomic mass is 16.5. The normalized spacial score (nSPS) is 37.1. The average molecular weight is 238 g/mol. The van der Waals surface area contributed by atoms with Crippen molar-refractivity contribution in [2.45, 2.75) is 43.9 Å². The summed E-state index contributed by atoms with van der Waals surface area (Å²) in [6.45, 7) is 1.03. The molecule has 0 bridgehead atoms. The number of amides is 2. The number of hydrogen-bond acceptors (Lipinski definition) is 3. The molecule has 5 nitrogen and oxygen atoms in total. The third kappa shape index (κ3) is 1.64. The van der Waals surface area contributed by atoms with Gasteiger partial charge in [0.15, 0.2) is 0 Å². The summed E-state index contributed by atoms with van der Waals surface area (Å²) in [7, 11) is 1.70. The maximum absolute atomic E-state index is 12.3. The van der Waals surface area contributed by atoms with Gasteiger partial charge < -0.3 is 14.5 Å². The van der Waals surface area contributed by atoms with E-state index in [2.05, 4.69) is 0 Å². The zero-order valence-corrected chi connectivity index (χ0v) is 10.1. The Balaban J connectivity index is 1.70. The molecule has 0 aromatic carbocycles. The summed E-state index contributed by atoms with van der Waals surface area (Å²) < 4.78 is 5.22. The van der Waals surface area contributed by atoms with Crippen LogP contribution in [0, 0.1) is 0 Å². The van der Waals surface area contributed by atoms with Crippen molar-refractivity contribution in [1.29, 1.82) is 0 Å². The summed E-state index contributed by atoms with van der Waals surface area (Å²) in [5.74, 6) is 0.273. The van der Waals surface area contributed by atoms with Crippen molar-refractivity contribution >= 4 is 11.8 Å². The number of hydrogen-bond donors (Lipinski definition) is 0. The Morgan fingerprint density at radius 3 is 2.71 bits per heavy atom. The summed E-state index contributed by atoms with van der Waals surface area (Å²) >= 11 is 0. The van der Waals surface area contributed by atoms with Gasteiger partial charge in [0.05, 0.1) is 6.10 Å². The van der Waals surface area contributed by atoms with Crippen molar-refractivity contribution in [2.75, 3.05) is 20.2 Å². The molecule has 0 spiro atoms. The highest BCUT2D eigenvalue weighted by Gasteiger charge is 2.46. The van der Waals surface area contributed by atoms with E-state index in [0.29, 0.717) is 0 Å². The fraction of sp³-hybridized carbons (Fsp3) is 0.833. The van der Waals surface area contributed by atoms with Crippen LogP contribution in [0.4, 0.5) is 0 Å². The van der Waals surface area contributed by atoms with Crippen molar-refractivity contribution < 1.29 is 14.3 Å². The topological polar surface area (TPSA) is 49.9 Å². The van der Waals surface area contributed by atoms with E-state index in [1.807, 2.05) is 0 Å². The lowest BCUT2D eigenvalue weighted by molar-refractivity contribution is -0.160. The van der Waals surface area contributed by atoms with Gasteiger partial charge in [-0.25, -0.2) is 0 Å². The van der Waals surface area contributed by atoms with Crippen LogP contribution in [0.1, 0.15) is 25.7 Å². The number of carbonyl (C=O) groups is 2. The first-order valence-electron chi connectivity index (χ1n) is 6.33. The number of fused-ring (bicyclic) bond motifs is 1. The van der Waals surface area contributed by atoms with Gasteiger partial charge in [0.2, 0.25) is 11.8 Å². The quantitative estimate of drug-likeness (QED) is 0.680. The largest absolute Gasteiger partial charge is 0.381 e. The van der Waals surface area contributed by atoms with E-state index in [1.54, 1.807) is 16.9 Å². The minimum Gasteiger partial charge on any atom is -0.381 e. The van der Waals surface area contributed by atoms with Gasteiger partial charge in [-0.3, -0.25) is 9.59 Å². The van der Waals surface area contributed by atoms with Crippen LogP contribution in [-0.2, 0) is 14.3 Å². The van der Waals surface area contributed by atoms with Crippen LogP contribution < -0.4 is 0 Å². The third-order valence-corrected chi connectivity index (χ3v) is 4.29. The molecule has 2 saturated heterocycles. The molecule has 0 aromatic rings. The van der Waals surface area contributed by atoms with Gasteiger partial charge in [-0.05, 0) is 25.7 Å². The zero-order valence-electron chi connectivity index (χ0n) is 10.1. The van der Waals surface area contributed by atoms with Crippen LogP contribution in [0.5, 0.6) is 0 Å². The van der Waals surface area contributed by atoms with Crippen molar-refractivity contribution in [1.82, 2.24) is 9.80 Å². The van der Waals surface area contributed by atoms with Crippen LogP contribution in [0.15, 0.2) is 0 Å². The molecule has 3 rings (SSSR count). The van der Waals surface area contributed by atoms with E-state index < -0.39 is 0 Å². The molecule has 0 N–H and O–H groups in total. The van der Waals surface area contributed by atoms with Crippen molar-refractivity contribution in [3.8, 4) is 0 Å². The van der Waals surface area contributed by atoms with E-state index in [0.717, 1.165) is 32.2 Å². The van der Waals surface area contributed by atoms with Gasteiger partial charge >= 0.3 is 0 Å². The molecule has 1 aliphatic carbocycles. The summed E-state index contributed by atoms with van der Waals surface area (Å²) in [5.41, 5.74) is 0. The molecule has 2 aliphatic heterocycles. The Kier molecular flexibility index (Phi) is 2.58. The molecule has 5 heteroatoms. The molecule has 1 saturated carbocycles. The molecule has 1 atom stereocenters. The fourth-order valence-electron chi connectivity index (χ4n) is 3.12. The molecule has 1 unspecified atom stereocenters. The Hall–Kier alpha value is -1.10. The summed E-state index contributed by atoms with van der Waals surface area (Å²) in [5, 5.41) is 0. The van der Waals surface area contributed by atoms with E-state index in [9.17, 15) is 9.59 Å². The molecule has 17 heavy (non-hydrogen) atoms. The molecular weight excluding hydrogens is 220 g/mol. The molecule has 0 aromatic heterocycles. The van der Waals surface area contributed by atoms with Gasteiger partial charge in [0.1, 0.15) is 12.6 Å². The fourth-order valence-corrected chi connectivity index (χ4v) is 3.12. The Morgan fingerprint density at radius 2 is 2.00 bits per heavy atom. The van der Waals surface area contributed by atoms with Crippen LogP contribution in [0.2, 0.25) is 0 Å². The van der Waals surface area contributed by atoms with Gasteiger partial charge in [-0.1, -0.05) is 0 Å². The molecule has 3 aliphatic rings. The Morgan fingerprint density at radius 1 is 1.24 bits per heavy atom. The SMILES string of the molecule is COC1CC(N2CC(=O)N3CCCC3C2=O)C1. The lowest BCUT2D eigenvalue weighted by Gasteiger charge is -2.46. The Labute approximate surface area is 101 Å². The predicted octanol–water partition coefficient (Wildman–Crippen LogP) is -0.00300. The number of nitrogens with zero attached hydrogens (tertiary/aromatic N) is 2. The molecule has 0 radical (unpaired) electrons. The summed E-state index contributed by atoms with van der Waals surface area (Å²) in [4.78, 5) is 27.7. The van der Waals surface area contributed by atoms with E-state index >= 15 is 0 Å². The lowest BCUT2D eigenvalue weighted by Crippen LogP contribution is -2.62. The number of ether oxygens (including phenoxy) is 1. The maximum atomic E-state index is 12.3. The second-order valence-corrected chi connectivity index (χ2v) is 5.19. The highest BCUT2D eigenvalue weighted by Crippen LogP contribution is 2.32. The third-order valence-electron chi connectivity index (χ3n) is 4.29. The first kappa shape index (κ1) is 11.0. The molecule has 3 fully saturated rings. The number of piperazine rings is 1. The number of methoxy groups -OCH3 is 1. The van der Waals surface area contributed by atoms with Crippen molar-refractivity contribution in [3.63, 3.8) is 0 Å². The summed E-state index contributed by atoms with van der Waals surface area (Å²) in [6, 6.07) is 0.0528. The minimum absolute atomic E-state index is 0.118. The molecular formula is C12H18N2O3. The predicted molar refractivity (Wildman–Crippen MR) is 60.3 cm³/mol. The van der Waals surface area contributed by atoms with Crippen LogP contribution in [0.25, 0.3) is 0 Å². The first-order chi connectivity index (χ1) is 8.20. The highest BCUT2D eigenvalue weighted by molar-refractivity contribution is 5.95. The summed E-state index contributed by atoms with van der Waals surface area (Å²) in [6.07, 6.45) is 3.82. The van der Waals surface area contributed by atoms with Gasteiger partial charge in [-0.2, -0.15) is 0 Å². The molecule has 2 heterocycles. The second-order valence-electron chi connectivity index (χ2n) is 5.19. The lowest BCUT2D eigenvalue weighted by atomic mass is 9.86. The minimum atomic E-state index is -0.169. The first-order valence-corrected chi connectivity index (χ1v) is 6.33. The maximum Gasteiger partial charge on any atom is 0.246 e. The molecule has 94 valence electrons. The van der Waals surface area contributed by atoms with Crippen LogP contribution in [-0.4, -0.2) is 60.0 Å². The van der Waals surface area contributed by atoms with Gasteiger partial charge in [0, 0.05) is 19.7 Å². The molecule has 2 amide bonds.